The first kappa shape index (κ1) is 14.7. The van der Waals surface area contributed by atoms with Crippen molar-refractivity contribution >= 4 is 11.6 Å². The number of benzene rings is 1. The average Bonchev–Trinajstić information content (AvgIpc) is 2.48. The van der Waals surface area contributed by atoms with Gasteiger partial charge in [-0.1, -0.05) is 19.4 Å². The van der Waals surface area contributed by atoms with Crippen LogP contribution in [0.5, 0.6) is 0 Å². The smallest absolute Gasteiger partial charge is 0.227 e. The molecule has 0 unspecified atom stereocenters. The third-order valence-corrected chi connectivity index (χ3v) is 4.62. The number of anilines is 1. The second-order valence-electron chi connectivity index (χ2n) is 6.11. The molecule has 0 saturated heterocycles. The molecule has 3 rings (SSSR count). The van der Waals surface area contributed by atoms with Gasteiger partial charge in [0.05, 0.1) is 5.69 Å². The van der Waals surface area contributed by atoms with Gasteiger partial charge < -0.3 is 5.32 Å². The highest BCUT2D eigenvalue weighted by Gasteiger charge is 2.28. The molecule has 1 aliphatic carbocycles. The van der Waals surface area contributed by atoms with Gasteiger partial charge >= 0.3 is 0 Å². The minimum atomic E-state index is 0. The fourth-order valence-corrected chi connectivity index (χ4v) is 2.83. The molecule has 1 aromatic heterocycles. The van der Waals surface area contributed by atoms with Crippen LogP contribution in [0.2, 0.25) is 0 Å². The summed E-state index contributed by atoms with van der Waals surface area (Å²) in [6.07, 6.45) is 5.26. The Bertz CT molecular complexity index is 671. The number of aromatic nitrogens is 2. The number of aryl methyl sites for hydroxylation is 1. The molecule has 1 amide bonds. The summed E-state index contributed by atoms with van der Waals surface area (Å²) in [4.78, 5) is 12.3. The van der Waals surface area contributed by atoms with Gasteiger partial charge in [0.2, 0.25) is 5.91 Å². The highest BCUT2D eigenvalue weighted by atomic mass is 16.1. The largest absolute Gasteiger partial charge is 0.326 e. The molecule has 22 heavy (non-hydrogen) atoms. The van der Waals surface area contributed by atoms with E-state index in [2.05, 4.69) is 15.5 Å². The van der Waals surface area contributed by atoms with Crippen molar-refractivity contribution in [3.05, 3.63) is 42.1 Å². The van der Waals surface area contributed by atoms with Gasteiger partial charge in [0.1, 0.15) is 0 Å². The third-order valence-electron chi connectivity index (χ3n) is 4.62. The fourth-order valence-electron chi connectivity index (χ4n) is 2.83. The zero-order valence-electron chi connectivity index (χ0n) is 13.0. The Morgan fingerprint density at radius 1 is 1.36 bits per heavy atom. The lowest BCUT2D eigenvalue weighted by atomic mass is 9.76. The van der Waals surface area contributed by atoms with Gasteiger partial charge in [-0.2, -0.15) is 10.2 Å². The Morgan fingerprint density at radius 3 is 2.82 bits per heavy atom. The third kappa shape index (κ3) is 3.01. The number of carbonyl (C=O) groups is 1. The molecule has 4 heteroatoms. The van der Waals surface area contributed by atoms with Gasteiger partial charge in [0.15, 0.2) is 0 Å². The van der Waals surface area contributed by atoms with E-state index in [1.807, 2.05) is 44.2 Å². The Labute approximate surface area is 132 Å². The minimum absolute atomic E-state index is 0. The second kappa shape index (κ2) is 6.26. The molecular weight excluding hydrogens is 274 g/mol. The molecule has 0 radical (unpaired) electrons. The standard InChI is InChI=1S/C18H21N3O.H2/c1-12-8-9-15(11-16(12)17-7-4-10-19-21-17)20-18(22)13(2)14-5-3-6-14;/h4,7-11,13-14H,3,5-6H2,1-2H3,(H,20,22);1H/t13-;/m0./s1. The van der Waals surface area contributed by atoms with Crippen LogP contribution < -0.4 is 5.32 Å². The molecule has 1 heterocycles. The number of hydrogen-bond donors (Lipinski definition) is 1. The zero-order valence-corrected chi connectivity index (χ0v) is 13.0. The first-order chi connectivity index (χ1) is 10.6. The van der Waals surface area contributed by atoms with Crippen LogP contribution >= 0.6 is 0 Å². The number of nitrogens with zero attached hydrogens (tertiary/aromatic N) is 2. The number of hydrogen-bond acceptors (Lipinski definition) is 3. The monoisotopic (exact) mass is 297 g/mol. The summed E-state index contributed by atoms with van der Waals surface area (Å²) in [5, 5.41) is 11.1. The number of nitrogens with one attached hydrogen (secondary N) is 1. The SMILES string of the molecule is Cc1ccc(NC(=O)[C@@H](C)C2CCC2)cc1-c1cccnn1.[HH]. The van der Waals surface area contributed by atoms with Gasteiger partial charge in [-0.05, 0) is 55.5 Å². The van der Waals surface area contributed by atoms with Crippen molar-refractivity contribution < 1.29 is 6.22 Å². The van der Waals surface area contributed by atoms with Crippen molar-refractivity contribution in [3.8, 4) is 11.3 Å². The molecule has 1 fully saturated rings. The second-order valence-corrected chi connectivity index (χ2v) is 6.11. The number of rotatable bonds is 4. The van der Waals surface area contributed by atoms with Crippen LogP contribution in [0.1, 0.15) is 33.2 Å². The normalized spacial score (nSPS) is 15.9. The van der Waals surface area contributed by atoms with Gasteiger partial charge in [0, 0.05) is 24.8 Å². The Hall–Kier alpha value is -2.23. The first-order valence-corrected chi connectivity index (χ1v) is 7.85. The molecule has 1 aromatic carbocycles. The van der Waals surface area contributed by atoms with Crippen LogP contribution in [0.15, 0.2) is 36.5 Å². The fraction of sp³-hybridized carbons (Fsp3) is 0.389. The topological polar surface area (TPSA) is 54.9 Å². The molecule has 2 aromatic rings. The van der Waals surface area contributed by atoms with E-state index in [-0.39, 0.29) is 13.3 Å². The van der Waals surface area contributed by atoms with Crippen molar-refractivity contribution in [2.45, 2.75) is 33.1 Å². The Morgan fingerprint density at radius 2 is 2.18 bits per heavy atom. The molecule has 0 spiro atoms. The molecule has 0 aliphatic heterocycles. The highest BCUT2D eigenvalue weighted by molar-refractivity contribution is 5.93. The summed E-state index contributed by atoms with van der Waals surface area (Å²) < 4.78 is 0. The summed E-state index contributed by atoms with van der Waals surface area (Å²) in [6.45, 7) is 4.06. The van der Waals surface area contributed by atoms with E-state index >= 15 is 0 Å². The van der Waals surface area contributed by atoms with Crippen molar-refractivity contribution in [2.24, 2.45) is 11.8 Å². The molecule has 1 aliphatic rings. The number of amides is 1. The van der Waals surface area contributed by atoms with Gasteiger partial charge in [0.25, 0.3) is 0 Å². The lowest BCUT2D eigenvalue weighted by Crippen LogP contribution is -2.30. The average molecular weight is 297 g/mol. The van der Waals surface area contributed by atoms with E-state index in [1.165, 1.54) is 19.3 Å². The van der Waals surface area contributed by atoms with Crippen LogP contribution in [-0.2, 0) is 4.79 Å². The van der Waals surface area contributed by atoms with Crippen LogP contribution in [0.3, 0.4) is 0 Å². The lowest BCUT2D eigenvalue weighted by molar-refractivity contribution is -0.121. The molecule has 1 atom stereocenters. The zero-order chi connectivity index (χ0) is 15.5. The van der Waals surface area contributed by atoms with Gasteiger partial charge in [-0.15, -0.1) is 0 Å². The van der Waals surface area contributed by atoms with Crippen LogP contribution in [0.4, 0.5) is 5.69 Å². The Kier molecular flexibility index (Phi) is 4.18. The van der Waals surface area contributed by atoms with E-state index in [0.717, 1.165) is 22.5 Å². The minimum Gasteiger partial charge on any atom is -0.326 e. The molecule has 4 nitrogen and oxygen atoms in total. The van der Waals surface area contributed by atoms with Crippen LogP contribution in [-0.4, -0.2) is 16.1 Å². The lowest BCUT2D eigenvalue weighted by Gasteiger charge is -2.30. The first-order valence-electron chi connectivity index (χ1n) is 7.85. The quantitative estimate of drug-likeness (QED) is 0.925. The van der Waals surface area contributed by atoms with Crippen LogP contribution in [0.25, 0.3) is 11.3 Å². The maximum Gasteiger partial charge on any atom is 0.227 e. The summed E-state index contributed by atoms with van der Waals surface area (Å²) in [6, 6.07) is 9.72. The van der Waals surface area contributed by atoms with Crippen molar-refractivity contribution in [2.75, 3.05) is 5.32 Å². The molecular formula is C18H23N3O. The van der Waals surface area contributed by atoms with E-state index in [9.17, 15) is 4.79 Å². The van der Waals surface area contributed by atoms with Crippen molar-refractivity contribution in [1.82, 2.24) is 10.2 Å². The molecule has 1 saturated carbocycles. The van der Waals surface area contributed by atoms with Crippen LogP contribution in [0, 0.1) is 18.8 Å². The summed E-state index contributed by atoms with van der Waals surface area (Å²) in [7, 11) is 0. The van der Waals surface area contributed by atoms with E-state index < -0.39 is 0 Å². The predicted octanol–water partition coefficient (Wildman–Crippen LogP) is 4.07. The van der Waals surface area contributed by atoms with Gasteiger partial charge in [-0.3, -0.25) is 4.79 Å². The number of carbonyl (C=O) groups excluding carboxylic acids is 1. The van der Waals surface area contributed by atoms with E-state index in [0.29, 0.717) is 5.92 Å². The van der Waals surface area contributed by atoms with Crippen molar-refractivity contribution in [1.29, 1.82) is 0 Å². The van der Waals surface area contributed by atoms with E-state index in [1.54, 1.807) is 6.20 Å². The molecule has 116 valence electrons. The summed E-state index contributed by atoms with van der Waals surface area (Å²) >= 11 is 0. The summed E-state index contributed by atoms with van der Waals surface area (Å²) in [5.74, 6) is 0.735. The maximum absolute atomic E-state index is 12.3. The predicted molar refractivity (Wildman–Crippen MR) is 89.5 cm³/mol. The van der Waals surface area contributed by atoms with E-state index in [4.69, 9.17) is 0 Å². The van der Waals surface area contributed by atoms with Crippen molar-refractivity contribution in [3.63, 3.8) is 0 Å². The Balaban J connectivity index is 0.00000192. The highest BCUT2D eigenvalue weighted by Crippen LogP contribution is 2.34. The summed E-state index contributed by atoms with van der Waals surface area (Å²) in [5.41, 5.74) is 3.76. The van der Waals surface area contributed by atoms with Gasteiger partial charge in [-0.25, -0.2) is 0 Å². The molecule has 0 bridgehead atoms. The maximum atomic E-state index is 12.3. The molecule has 1 N–H and O–H groups in total.